The molecule has 0 heterocycles. The van der Waals surface area contributed by atoms with Crippen LogP contribution in [0.5, 0.6) is 0 Å². The van der Waals surface area contributed by atoms with Crippen molar-refractivity contribution in [3.05, 3.63) is 77.5 Å². The van der Waals surface area contributed by atoms with Gasteiger partial charge in [0.25, 0.3) is 10.0 Å². The zero-order valence-electron chi connectivity index (χ0n) is 14.5. The average molecular weight is 371 g/mol. The molecule has 0 saturated heterocycles. The summed E-state index contributed by atoms with van der Waals surface area (Å²) in [4.78, 5) is 12.7. The van der Waals surface area contributed by atoms with Gasteiger partial charge in [0.2, 0.25) is 0 Å². The molecule has 6 heteroatoms. The van der Waals surface area contributed by atoms with Crippen molar-refractivity contribution in [2.45, 2.75) is 24.8 Å². The second kappa shape index (κ2) is 7.43. The van der Waals surface area contributed by atoms with Crippen LogP contribution in [-0.4, -0.2) is 30.2 Å². The van der Waals surface area contributed by atoms with E-state index in [9.17, 15) is 18.3 Å². The summed E-state index contributed by atoms with van der Waals surface area (Å²) in [6.45, 7) is 1.66. The van der Waals surface area contributed by atoms with Crippen molar-refractivity contribution in [1.29, 1.82) is 0 Å². The largest absolute Gasteiger partial charge is 0.396 e. The van der Waals surface area contributed by atoms with Gasteiger partial charge in [0.1, 0.15) is 0 Å². The van der Waals surface area contributed by atoms with E-state index in [1.807, 2.05) is 37.3 Å². The quantitative estimate of drug-likeness (QED) is 0.847. The third kappa shape index (κ3) is 3.57. The van der Waals surface area contributed by atoms with Crippen LogP contribution in [0, 0.1) is 12.8 Å². The zero-order valence-corrected chi connectivity index (χ0v) is 15.3. The third-order valence-electron chi connectivity index (χ3n) is 4.49. The summed E-state index contributed by atoms with van der Waals surface area (Å²) in [5, 5.41) is 9.35. The smallest absolute Gasteiger partial charge is 0.264 e. The van der Waals surface area contributed by atoms with E-state index in [-0.39, 0.29) is 29.5 Å². The Morgan fingerprint density at radius 3 is 2.31 bits per heavy atom. The molecule has 1 aliphatic carbocycles. The van der Waals surface area contributed by atoms with E-state index in [1.54, 1.807) is 30.3 Å². The summed E-state index contributed by atoms with van der Waals surface area (Å²) in [6.07, 6.45) is 1.96. The molecule has 0 amide bonds. The summed E-state index contributed by atoms with van der Waals surface area (Å²) in [7, 11) is -3.90. The summed E-state index contributed by atoms with van der Waals surface area (Å²) in [5.74, 6) is -0.907. The monoisotopic (exact) mass is 371 g/mol. The van der Waals surface area contributed by atoms with Crippen LogP contribution in [0.1, 0.15) is 17.5 Å². The number of aryl methyl sites for hydroxylation is 1. The van der Waals surface area contributed by atoms with E-state index in [0.29, 0.717) is 6.42 Å². The van der Waals surface area contributed by atoms with E-state index >= 15 is 0 Å². The van der Waals surface area contributed by atoms with Crippen molar-refractivity contribution in [3.8, 4) is 0 Å². The number of benzene rings is 2. The molecule has 1 N–H and O–H groups in total. The van der Waals surface area contributed by atoms with Gasteiger partial charge in [-0.3, -0.25) is 9.10 Å². The number of Topliss-reactive ketones (excluding diaryl/α,β-unsaturated/α-hetero) is 1. The first-order valence-corrected chi connectivity index (χ1v) is 9.86. The summed E-state index contributed by atoms with van der Waals surface area (Å²) in [6, 6.07) is 15.7. The van der Waals surface area contributed by atoms with Crippen LogP contribution in [0.4, 0.5) is 0 Å². The molecular formula is C20H21NO4S. The van der Waals surface area contributed by atoms with Crippen molar-refractivity contribution in [1.82, 2.24) is 4.31 Å². The topological polar surface area (TPSA) is 74.7 Å². The van der Waals surface area contributed by atoms with Crippen LogP contribution in [0.3, 0.4) is 0 Å². The molecular weight excluding hydrogens is 350 g/mol. The second-order valence-corrected chi connectivity index (χ2v) is 8.24. The van der Waals surface area contributed by atoms with E-state index < -0.39 is 15.9 Å². The Hall–Kier alpha value is -2.44. The summed E-state index contributed by atoms with van der Waals surface area (Å²) >= 11 is 0. The SMILES string of the molecule is Cc1ccc(S(=O)(=O)N(Cc2ccccc2)C2=CCC(CO)C2=O)cc1. The lowest BCUT2D eigenvalue weighted by atomic mass is 10.1. The van der Waals surface area contributed by atoms with Crippen LogP contribution in [0.25, 0.3) is 0 Å². The van der Waals surface area contributed by atoms with Crippen LogP contribution in [0.2, 0.25) is 0 Å². The maximum Gasteiger partial charge on any atom is 0.264 e. The molecule has 136 valence electrons. The third-order valence-corrected chi connectivity index (χ3v) is 6.26. The number of aliphatic hydroxyl groups is 1. The molecule has 0 bridgehead atoms. The fourth-order valence-electron chi connectivity index (χ4n) is 2.94. The standard InChI is InChI=1S/C20H21NO4S/c1-15-7-10-18(11-8-15)26(24,25)21(13-16-5-3-2-4-6-16)19-12-9-17(14-22)20(19)23/h2-8,10-12,17,22H,9,13-14H2,1H3. The van der Waals surface area contributed by atoms with Gasteiger partial charge in [0.05, 0.1) is 29.7 Å². The van der Waals surface area contributed by atoms with Crippen LogP contribution < -0.4 is 0 Å². The minimum Gasteiger partial charge on any atom is -0.396 e. The lowest BCUT2D eigenvalue weighted by Crippen LogP contribution is -2.34. The van der Waals surface area contributed by atoms with E-state index in [2.05, 4.69) is 0 Å². The normalized spacial score (nSPS) is 17.2. The molecule has 1 aliphatic rings. The number of carbonyl (C=O) groups excluding carboxylic acids is 1. The van der Waals surface area contributed by atoms with E-state index in [4.69, 9.17) is 0 Å². The summed E-state index contributed by atoms with van der Waals surface area (Å²) in [5.41, 5.74) is 1.87. The van der Waals surface area contributed by atoms with Gasteiger partial charge < -0.3 is 5.11 Å². The number of sulfonamides is 1. The maximum atomic E-state index is 13.2. The van der Waals surface area contributed by atoms with Crippen molar-refractivity contribution in [2.75, 3.05) is 6.61 Å². The predicted molar refractivity (Wildman–Crippen MR) is 98.6 cm³/mol. The molecule has 0 aromatic heterocycles. The number of nitrogens with zero attached hydrogens (tertiary/aromatic N) is 1. The van der Waals surface area contributed by atoms with Crippen molar-refractivity contribution in [3.63, 3.8) is 0 Å². The van der Waals surface area contributed by atoms with Gasteiger partial charge in [-0.2, -0.15) is 0 Å². The van der Waals surface area contributed by atoms with Gasteiger partial charge in [-0.15, -0.1) is 0 Å². The molecule has 0 radical (unpaired) electrons. The van der Waals surface area contributed by atoms with Gasteiger partial charge >= 0.3 is 0 Å². The van der Waals surface area contributed by atoms with Crippen LogP contribution >= 0.6 is 0 Å². The number of ketones is 1. The number of rotatable bonds is 6. The number of aliphatic hydroxyl groups excluding tert-OH is 1. The molecule has 2 aromatic rings. The van der Waals surface area contributed by atoms with Gasteiger partial charge in [-0.25, -0.2) is 8.42 Å². The van der Waals surface area contributed by atoms with Gasteiger partial charge in [-0.1, -0.05) is 54.1 Å². The maximum absolute atomic E-state index is 13.2. The Morgan fingerprint density at radius 1 is 1.08 bits per heavy atom. The van der Waals surface area contributed by atoms with E-state index in [1.165, 1.54) is 0 Å². The highest BCUT2D eigenvalue weighted by molar-refractivity contribution is 7.89. The Kier molecular flexibility index (Phi) is 5.25. The molecule has 0 aliphatic heterocycles. The highest BCUT2D eigenvalue weighted by Gasteiger charge is 2.36. The van der Waals surface area contributed by atoms with Crippen molar-refractivity contribution in [2.24, 2.45) is 5.92 Å². The van der Waals surface area contributed by atoms with Crippen molar-refractivity contribution < 1.29 is 18.3 Å². The lowest BCUT2D eigenvalue weighted by Gasteiger charge is -2.25. The Bertz CT molecular complexity index is 918. The fourth-order valence-corrected chi connectivity index (χ4v) is 4.42. The second-order valence-electron chi connectivity index (χ2n) is 6.38. The molecule has 0 spiro atoms. The van der Waals surface area contributed by atoms with Gasteiger partial charge in [0, 0.05) is 0 Å². The molecule has 0 fully saturated rings. The molecule has 0 saturated carbocycles. The Morgan fingerprint density at radius 2 is 1.73 bits per heavy atom. The van der Waals surface area contributed by atoms with Crippen LogP contribution in [0.15, 0.2) is 71.3 Å². The highest BCUT2D eigenvalue weighted by Crippen LogP contribution is 2.30. The van der Waals surface area contributed by atoms with Gasteiger partial charge in [-0.05, 0) is 31.0 Å². The number of carbonyl (C=O) groups is 1. The van der Waals surface area contributed by atoms with Crippen LogP contribution in [-0.2, 0) is 21.4 Å². The number of hydrogen-bond donors (Lipinski definition) is 1. The van der Waals surface area contributed by atoms with E-state index in [0.717, 1.165) is 15.4 Å². The highest BCUT2D eigenvalue weighted by atomic mass is 32.2. The number of hydrogen-bond acceptors (Lipinski definition) is 4. The molecule has 1 unspecified atom stereocenters. The molecule has 3 rings (SSSR count). The molecule has 2 aromatic carbocycles. The first-order valence-electron chi connectivity index (χ1n) is 8.42. The Balaban J connectivity index is 2.03. The minimum absolute atomic E-state index is 0.0623. The lowest BCUT2D eigenvalue weighted by molar-refractivity contribution is -0.120. The zero-order chi connectivity index (χ0) is 18.7. The summed E-state index contributed by atoms with van der Waals surface area (Å²) < 4.78 is 27.6. The first kappa shape index (κ1) is 18.4. The van der Waals surface area contributed by atoms with Crippen molar-refractivity contribution >= 4 is 15.8 Å². The average Bonchev–Trinajstić information content (AvgIpc) is 3.01. The first-order chi connectivity index (χ1) is 12.4. The fraction of sp³-hybridized carbons (Fsp3) is 0.250. The predicted octanol–water partition coefficient (Wildman–Crippen LogP) is 2.65. The number of allylic oxidation sites excluding steroid dienone is 2. The minimum atomic E-state index is -3.90. The van der Waals surface area contributed by atoms with Gasteiger partial charge in [0.15, 0.2) is 5.78 Å². The molecule has 5 nitrogen and oxygen atoms in total. The molecule has 26 heavy (non-hydrogen) atoms. The Labute approximate surface area is 153 Å². The molecule has 1 atom stereocenters.